The number of esters is 1. The minimum atomic E-state index is -2.62. The Morgan fingerprint density at radius 2 is 1.60 bits per heavy atom. The quantitative estimate of drug-likeness (QED) is 0.0629. The van der Waals surface area contributed by atoms with Crippen LogP contribution in [-0.2, 0) is 47.7 Å². The van der Waals surface area contributed by atoms with Crippen molar-refractivity contribution in [3.63, 3.8) is 0 Å². The van der Waals surface area contributed by atoms with Crippen molar-refractivity contribution in [1.82, 2.24) is 9.96 Å². The summed E-state index contributed by atoms with van der Waals surface area (Å²) in [5.74, 6) is -8.96. The number of ether oxygens (including phenoxy) is 5. The molecule has 15 atom stereocenters. The molecule has 0 unspecified atom stereocenters. The summed E-state index contributed by atoms with van der Waals surface area (Å²) in [4.78, 5) is 85.6. The Labute approximate surface area is 427 Å². The summed E-state index contributed by atoms with van der Waals surface area (Å²) >= 11 is 0. The van der Waals surface area contributed by atoms with Crippen LogP contribution in [0.15, 0.2) is 47.6 Å². The maximum atomic E-state index is 14.5. The summed E-state index contributed by atoms with van der Waals surface area (Å²) in [6.45, 7) is 16.0. The molecule has 72 heavy (non-hydrogen) atoms. The number of amides is 2. The van der Waals surface area contributed by atoms with Crippen molar-refractivity contribution in [2.75, 3.05) is 27.4 Å². The van der Waals surface area contributed by atoms with E-state index in [-0.39, 0.29) is 80.2 Å². The number of hydroxylamine groups is 2. The number of allylic oxidation sites excluding steroid dienone is 6. The zero-order valence-corrected chi connectivity index (χ0v) is 44.7. The molecule has 0 aromatic heterocycles. The number of hydrogen-bond acceptors (Lipinski definition) is 15. The van der Waals surface area contributed by atoms with Gasteiger partial charge in [0.15, 0.2) is 5.78 Å². The lowest BCUT2D eigenvalue weighted by Crippen LogP contribution is -2.61. The van der Waals surface area contributed by atoms with Crippen LogP contribution in [0.4, 0.5) is 4.79 Å². The fourth-order valence-corrected chi connectivity index (χ4v) is 10.6. The van der Waals surface area contributed by atoms with Crippen molar-refractivity contribution in [3.05, 3.63) is 47.6 Å². The van der Waals surface area contributed by atoms with Crippen molar-refractivity contribution < 1.29 is 73.0 Å². The van der Waals surface area contributed by atoms with Crippen LogP contribution in [0.3, 0.4) is 0 Å². The molecule has 3 fully saturated rings. The molecule has 3 heterocycles. The van der Waals surface area contributed by atoms with Gasteiger partial charge in [-0.1, -0.05) is 84.9 Å². The van der Waals surface area contributed by atoms with E-state index in [2.05, 4.69) is 0 Å². The molecule has 2 amide bonds. The standard InChI is InChI=1S/C55H86N2O15/c1-32(2)31-70-54(65)57(67)43-29-41-22-20-39(9)55(66,72-41)51(62)52(63)56-24-16-15-19-42(56)53(64)71-46(36(6)27-40-21-23-44(58)47(28-40)68-10)30-45(59)35(5)26-38(8)49(61)50(69-11)48(60)37(7)25-33(3)17-13-12-14-18-34(43)4/h12-14,17-18,26,32-33,35-37,39-44,46-47,49-50,58,61,66-67H,15-16,19-25,27-31H2,1-11H3/b14-12+,17-13+,34-18+,38-26+/t33-,35-,36-,37-,39-,40+,41+,42+,43+,44-,46+,47-,49-,50+,55-/m1/s1. The van der Waals surface area contributed by atoms with E-state index in [4.69, 9.17) is 23.7 Å². The number of ketones is 3. The van der Waals surface area contributed by atoms with E-state index in [1.54, 1.807) is 66.0 Å². The Morgan fingerprint density at radius 1 is 0.889 bits per heavy atom. The average Bonchev–Trinajstić information content (AvgIpc) is 3.34. The fourth-order valence-electron chi connectivity index (χ4n) is 10.6. The Bertz CT molecular complexity index is 1980. The SMILES string of the molecule is CO[C@@H]1C[C@H](C[C@@H](C)[C@@H]2CC(=O)[C@H](C)/C=C(\C)[C@@H](O)[C@@H](OC)C(=O)[C@H](C)C[C@H](C)/C=C/C=C/C=C(\C)[C@@H](N(O)C(=O)OCC(C)C)C[C@@H]3CC[C@@H](C)[C@@](O)(O3)C(=O)C(=O)N3CCCC[C@H]3C(=O)O2)CC[C@H]1O. The van der Waals surface area contributed by atoms with E-state index in [9.17, 15) is 49.3 Å². The van der Waals surface area contributed by atoms with Crippen LogP contribution >= 0.6 is 0 Å². The van der Waals surface area contributed by atoms with Crippen LogP contribution in [-0.4, -0.2) is 148 Å². The highest BCUT2D eigenvalue weighted by molar-refractivity contribution is 6.39. The molecule has 1 saturated carbocycles. The molecule has 17 nitrogen and oxygen atoms in total. The minimum Gasteiger partial charge on any atom is -0.460 e. The van der Waals surface area contributed by atoms with Gasteiger partial charge in [0, 0.05) is 51.4 Å². The van der Waals surface area contributed by atoms with Gasteiger partial charge in [0.2, 0.25) is 5.79 Å². The van der Waals surface area contributed by atoms with E-state index in [0.717, 1.165) is 4.90 Å². The van der Waals surface area contributed by atoms with Crippen molar-refractivity contribution in [2.24, 2.45) is 41.4 Å². The van der Waals surface area contributed by atoms with Crippen molar-refractivity contribution in [2.45, 2.75) is 194 Å². The first-order valence-electron chi connectivity index (χ1n) is 26.2. The number of piperidine rings is 1. The van der Waals surface area contributed by atoms with Gasteiger partial charge in [0.05, 0.1) is 31.0 Å². The number of aliphatic hydroxyl groups is 3. The summed E-state index contributed by atoms with van der Waals surface area (Å²) in [5, 5.41) is 45.9. The number of methoxy groups -OCH3 is 2. The Kier molecular flexibility index (Phi) is 23.5. The highest BCUT2D eigenvalue weighted by atomic mass is 16.6. The van der Waals surface area contributed by atoms with Gasteiger partial charge in [0.1, 0.15) is 30.1 Å². The predicted molar refractivity (Wildman–Crippen MR) is 268 cm³/mol. The van der Waals surface area contributed by atoms with E-state index in [1.807, 2.05) is 39.8 Å². The molecule has 4 rings (SSSR count). The average molecular weight is 1020 g/mol. The van der Waals surface area contributed by atoms with Gasteiger partial charge in [-0.05, 0) is 113 Å². The first-order chi connectivity index (χ1) is 33.9. The van der Waals surface area contributed by atoms with Crippen LogP contribution in [0.2, 0.25) is 0 Å². The topological polar surface area (TPSA) is 236 Å². The maximum Gasteiger partial charge on any atom is 0.434 e. The van der Waals surface area contributed by atoms with Gasteiger partial charge in [0.25, 0.3) is 11.7 Å². The van der Waals surface area contributed by atoms with Gasteiger partial charge in [-0.25, -0.2) is 9.59 Å². The number of rotatable bonds is 8. The molecule has 0 aromatic carbocycles. The second kappa shape index (κ2) is 28.0. The lowest BCUT2D eigenvalue weighted by molar-refractivity contribution is -0.266. The first kappa shape index (κ1) is 60.5. The summed E-state index contributed by atoms with van der Waals surface area (Å²) < 4.78 is 28.9. The fraction of sp³-hybridized carbons (Fsp3) is 0.745. The Morgan fingerprint density at radius 3 is 2.26 bits per heavy atom. The smallest absolute Gasteiger partial charge is 0.434 e. The van der Waals surface area contributed by atoms with Gasteiger partial charge >= 0.3 is 12.1 Å². The van der Waals surface area contributed by atoms with Crippen LogP contribution in [0.5, 0.6) is 0 Å². The predicted octanol–water partition coefficient (Wildman–Crippen LogP) is 7.02. The zero-order valence-electron chi connectivity index (χ0n) is 44.7. The molecule has 17 heteroatoms. The van der Waals surface area contributed by atoms with Crippen molar-refractivity contribution in [1.29, 1.82) is 0 Å². The normalized spacial score (nSPS) is 37.6. The molecule has 2 bridgehead atoms. The second-order valence-electron chi connectivity index (χ2n) is 21.7. The molecule has 406 valence electrons. The molecule has 4 aliphatic rings. The van der Waals surface area contributed by atoms with Crippen LogP contribution in [0, 0.1) is 41.4 Å². The van der Waals surface area contributed by atoms with E-state index in [1.165, 1.54) is 7.11 Å². The number of fused-ring (bicyclic) bond motifs is 3. The lowest BCUT2D eigenvalue weighted by Gasteiger charge is -2.43. The molecule has 3 aliphatic heterocycles. The first-order valence-corrected chi connectivity index (χ1v) is 26.2. The van der Waals surface area contributed by atoms with Gasteiger partial charge < -0.3 is 43.9 Å². The largest absolute Gasteiger partial charge is 0.460 e. The molecular weight excluding hydrogens is 929 g/mol. The summed E-state index contributed by atoms with van der Waals surface area (Å²) in [6, 6.07) is -2.27. The molecule has 2 saturated heterocycles. The Balaban J connectivity index is 1.75. The second-order valence-corrected chi connectivity index (χ2v) is 21.7. The number of carbonyl (C=O) groups is 6. The highest BCUT2D eigenvalue weighted by Crippen LogP contribution is 2.38. The number of Topliss-reactive ketones (excluding diaryl/α,β-unsaturated/α-hetero) is 3. The number of hydrogen-bond donors (Lipinski definition) is 4. The van der Waals surface area contributed by atoms with Gasteiger partial charge in [-0.15, -0.1) is 0 Å². The third-order valence-electron chi connectivity index (χ3n) is 15.2. The minimum absolute atomic E-state index is 0.0129. The summed E-state index contributed by atoms with van der Waals surface area (Å²) in [7, 11) is 2.90. The molecule has 0 radical (unpaired) electrons. The van der Waals surface area contributed by atoms with E-state index < -0.39 is 89.9 Å². The molecule has 0 spiro atoms. The lowest BCUT2D eigenvalue weighted by atomic mass is 9.78. The number of carbonyl (C=O) groups excluding carboxylic acids is 6. The van der Waals surface area contributed by atoms with Crippen LogP contribution < -0.4 is 0 Å². The van der Waals surface area contributed by atoms with Gasteiger partial charge in [-0.2, -0.15) is 5.06 Å². The molecular formula is C55H86N2O15. The van der Waals surface area contributed by atoms with E-state index >= 15 is 0 Å². The summed E-state index contributed by atoms with van der Waals surface area (Å²) in [6.07, 6.45) is 8.16. The highest BCUT2D eigenvalue weighted by Gasteiger charge is 2.53. The third-order valence-corrected chi connectivity index (χ3v) is 15.2. The zero-order chi connectivity index (χ0) is 53.6. The molecule has 0 aromatic rings. The van der Waals surface area contributed by atoms with Gasteiger partial charge in [-0.3, -0.25) is 24.4 Å². The number of cyclic esters (lactones) is 1. The molecule has 1 aliphatic carbocycles. The number of nitrogens with zero attached hydrogens (tertiary/aromatic N) is 2. The number of aliphatic hydroxyl groups excluding tert-OH is 2. The van der Waals surface area contributed by atoms with Crippen molar-refractivity contribution >= 4 is 35.3 Å². The van der Waals surface area contributed by atoms with Crippen molar-refractivity contribution in [3.8, 4) is 0 Å². The van der Waals surface area contributed by atoms with Crippen LogP contribution in [0.1, 0.15) is 139 Å². The molecule has 4 N–H and O–H groups in total. The summed E-state index contributed by atoms with van der Waals surface area (Å²) in [5.41, 5.74) is 0.863. The monoisotopic (exact) mass is 1010 g/mol. The Hall–Kier alpha value is -4.10. The van der Waals surface area contributed by atoms with Crippen LogP contribution in [0.25, 0.3) is 0 Å². The third kappa shape index (κ3) is 16.2. The maximum absolute atomic E-state index is 14.5. The van der Waals surface area contributed by atoms with E-state index in [0.29, 0.717) is 67.6 Å².